The number of ether oxygens (including phenoxy) is 1. The molecule has 23 heavy (non-hydrogen) atoms. The van der Waals surface area contributed by atoms with Gasteiger partial charge in [0.2, 0.25) is 0 Å². The van der Waals surface area contributed by atoms with Crippen LogP contribution in [0.5, 0.6) is 0 Å². The normalized spacial score (nSPS) is 11.7. The molecule has 0 bridgehead atoms. The summed E-state index contributed by atoms with van der Waals surface area (Å²) < 4.78 is 5.52. The number of carbonyl (C=O) groups is 1. The van der Waals surface area contributed by atoms with Crippen molar-refractivity contribution in [2.75, 3.05) is 5.32 Å². The number of anilines is 1. The molecule has 0 aliphatic rings. The Morgan fingerprint density at radius 1 is 1.26 bits per heavy atom. The molecule has 0 fully saturated rings. The van der Waals surface area contributed by atoms with Crippen LogP contribution in [-0.2, 0) is 16.1 Å². The van der Waals surface area contributed by atoms with Gasteiger partial charge in [-0.3, -0.25) is 14.9 Å². The van der Waals surface area contributed by atoms with Gasteiger partial charge >= 0.3 is 0 Å². The summed E-state index contributed by atoms with van der Waals surface area (Å²) in [5.74, 6) is -0.348. The van der Waals surface area contributed by atoms with Crippen LogP contribution in [0.4, 0.5) is 11.4 Å². The Labute approximate surface area is 134 Å². The van der Waals surface area contributed by atoms with E-state index in [-0.39, 0.29) is 11.6 Å². The first-order chi connectivity index (χ1) is 11.0. The number of rotatable bonds is 6. The van der Waals surface area contributed by atoms with Crippen LogP contribution < -0.4 is 5.32 Å². The van der Waals surface area contributed by atoms with Gasteiger partial charge in [0.25, 0.3) is 11.6 Å². The number of carbonyl (C=O) groups excluding carboxylic acids is 1. The lowest BCUT2D eigenvalue weighted by atomic mass is 10.2. The molecule has 0 heterocycles. The maximum atomic E-state index is 12.1. The number of hydrogen-bond donors (Lipinski definition) is 1. The zero-order valence-corrected chi connectivity index (χ0v) is 13.0. The molecule has 2 rings (SSSR count). The standard InChI is InChI=1S/C17H18N2O4/c1-12-8-9-15(10-16(12)19(21)22)18-17(20)13(2)23-11-14-6-4-3-5-7-14/h3-10,13H,11H2,1-2H3,(H,18,20). The van der Waals surface area contributed by atoms with E-state index >= 15 is 0 Å². The van der Waals surface area contributed by atoms with Crippen molar-refractivity contribution in [2.24, 2.45) is 0 Å². The molecule has 1 unspecified atom stereocenters. The number of aryl methyl sites for hydroxylation is 1. The first-order valence-electron chi connectivity index (χ1n) is 7.19. The van der Waals surface area contributed by atoms with Crippen molar-refractivity contribution in [3.63, 3.8) is 0 Å². The Morgan fingerprint density at radius 2 is 1.96 bits per heavy atom. The van der Waals surface area contributed by atoms with E-state index in [0.29, 0.717) is 17.9 Å². The van der Waals surface area contributed by atoms with Crippen molar-refractivity contribution in [2.45, 2.75) is 26.6 Å². The number of nitrogens with one attached hydrogen (secondary N) is 1. The van der Waals surface area contributed by atoms with Gasteiger partial charge < -0.3 is 10.1 Å². The number of nitrogens with zero attached hydrogens (tertiary/aromatic N) is 1. The molecule has 1 atom stereocenters. The second-order valence-electron chi connectivity index (χ2n) is 5.19. The van der Waals surface area contributed by atoms with E-state index < -0.39 is 11.0 Å². The van der Waals surface area contributed by atoms with Crippen LogP contribution in [0.2, 0.25) is 0 Å². The van der Waals surface area contributed by atoms with Gasteiger partial charge in [0.15, 0.2) is 0 Å². The van der Waals surface area contributed by atoms with Gasteiger partial charge in [-0.05, 0) is 25.5 Å². The van der Waals surface area contributed by atoms with Crippen LogP contribution in [0, 0.1) is 17.0 Å². The van der Waals surface area contributed by atoms with E-state index in [2.05, 4.69) is 5.32 Å². The molecule has 2 aromatic rings. The summed E-state index contributed by atoms with van der Waals surface area (Å²) in [5, 5.41) is 13.6. The number of amides is 1. The smallest absolute Gasteiger partial charge is 0.274 e. The third-order valence-electron chi connectivity index (χ3n) is 3.39. The van der Waals surface area contributed by atoms with Gasteiger partial charge in [0, 0.05) is 17.3 Å². The summed E-state index contributed by atoms with van der Waals surface area (Å²) in [6.07, 6.45) is -0.671. The SMILES string of the molecule is Cc1ccc(NC(=O)C(C)OCc2ccccc2)cc1[N+](=O)[O-]. The number of benzene rings is 2. The highest BCUT2D eigenvalue weighted by Crippen LogP contribution is 2.22. The van der Waals surface area contributed by atoms with E-state index in [0.717, 1.165) is 5.56 Å². The average Bonchev–Trinajstić information content (AvgIpc) is 2.55. The highest BCUT2D eigenvalue weighted by Gasteiger charge is 2.16. The average molecular weight is 314 g/mol. The van der Waals surface area contributed by atoms with Crippen LogP contribution in [0.1, 0.15) is 18.1 Å². The van der Waals surface area contributed by atoms with Gasteiger partial charge in [-0.25, -0.2) is 0 Å². The molecule has 6 nitrogen and oxygen atoms in total. The second-order valence-corrected chi connectivity index (χ2v) is 5.19. The van der Waals surface area contributed by atoms with E-state index in [9.17, 15) is 14.9 Å². The first kappa shape index (κ1) is 16.6. The number of nitro benzene ring substituents is 1. The Kier molecular flexibility index (Phi) is 5.43. The lowest BCUT2D eigenvalue weighted by molar-refractivity contribution is -0.385. The zero-order valence-electron chi connectivity index (χ0n) is 13.0. The fourth-order valence-corrected chi connectivity index (χ4v) is 2.00. The Hall–Kier alpha value is -2.73. The maximum absolute atomic E-state index is 12.1. The Morgan fingerprint density at radius 3 is 2.61 bits per heavy atom. The summed E-state index contributed by atoms with van der Waals surface area (Å²) in [6.45, 7) is 3.61. The van der Waals surface area contributed by atoms with Crippen LogP contribution in [-0.4, -0.2) is 16.9 Å². The lowest BCUT2D eigenvalue weighted by Crippen LogP contribution is -2.27. The molecule has 0 saturated heterocycles. The molecule has 1 amide bonds. The highest BCUT2D eigenvalue weighted by atomic mass is 16.6. The summed E-state index contributed by atoms with van der Waals surface area (Å²) in [7, 11) is 0. The summed E-state index contributed by atoms with van der Waals surface area (Å²) >= 11 is 0. The minimum atomic E-state index is -0.671. The fourth-order valence-electron chi connectivity index (χ4n) is 2.00. The number of hydrogen-bond acceptors (Lipinski definition) is 4. The van der Waals surface area contributed by atoms with E-state index in [4.69, 9.17) is 4.74 Å². The van der Waals surface area contributed by atoms with E-state index in [1.54, 1.807) is 26.0 Å². The Balaban J connectivity index is 1.95. The van der Waals surface area contributed by atoms with E-state index in [1.165, 1.54) is 6.07 Å². The predicted molar refractivity (Wildman–Crippen MR) is 87.2 cm³/mol. The minimum Gasteiger partial charge on any atom is -0.364 e. The summed E-state index contributed by atoms with van der Waals surface area (Å²) in [6, 6.07) is 14.1. The molecule has 0 spiro atoms. The molecule has 0 saturated carbocycles. The van der Waals surface area contributed by atoms with Gasteiger partial charge in [-0.2, -0.15) is 0 Å². The second kappa shape index (κ2) is 7.51. The monoisotopic (exact) mass is 314 g/mol. The van der Waals surface area contributed by atoms with Crippen LogP contribution in [0.15, 0.2) is 48.5 Å². The topological polar surface area (TPSA) is 81.5 Å². The minimum absolute atomic E-state index is 0.0272. The zero-order chi connectivity index (χ0) is 16.8. The summed E-state index contributed by atoms with van der Waals surface area (Å²) in [5.41, 5.74) is 1.86. The van der Waals surface area contributed by atoms with E-state index in [1.807, 2.05) is 30.3 Å². The molecular formula is C17H18N2O4. The molecule has 120 valence electrons. The van der Waals surface area contributed by atoms with Crippen molar-refractivity contribution >= 4 is 17.3 Å². The third kappa shape index (κ3) is 4.62. The Bertz CT molecular complexity index is 701. The van der Waals surface area contributed by atoms with Crippen LogP contribution >= 0.6 is 0 Å². The van der Waals surface area contributed by atoms with Crippen LogP contribution in [0.3, 0.4) is 0 Å². The quantitative estimate of drug-likeness (QED) is 0.654. The van der Waals surface area contributed by atoms with Gasteiger partial charge in [-0.1, -0.05) is 36.4 Å². The molecule has 2 aromatic carbocycles. The molecular weight excluding hydrogens is 296 g/mol. The molecule has 6 heteroatoms. The number of nitro groups is 1. The van der Waals surface area contributed by atoms with Crippen molar-refractivity contribution in [3.8, 4) is 0 Å². The molecule has 0 aliphatic heterocycles. The molecule has 0 aliphatic carbocycles. The van der Waals surface area contributed by atoms with Crippen LogP contribution in [0.25, 0.3) is 0 Å². The van der Waals surface area contributed by atoms with Crippen molar-refractivity contribution in [3.05, 3.63) is 69.8 Å². The first-order valence-corrected chi connectivity index (χ1v) is 7.19. The molecule has 0 radical (unpaired) electrons. The largest absolute Gasteiger partial charge is 0.364 e. The molecule has 0 aromatic heterocycles. The lowest BCUT2D eigenvalue weighted by Gasteiger charge is -2.13. The highest BCUT2D eigenvalue weighted by molar-refractivity contribution is 5.94. The third-order valence-corrected chi connectivity index (χ3v) is 3.39. The summed E-state index contributed by atoms with van der Waals surface area (Å²) in [4.78, 5) is 22.5. The van der Waals surface area contributed by atoms with Crippen molar-refractivity contribution < 1.29 is 14.5 Å². The molecule has 1 N–H and O–H groups in total. The van der Waals surface area contributed by atoms with Gasteiger partial charge in [-0.15, -0.1) is 0 Å². The van der Waals surface area contributed by atoms with Crippen molar-refractivity contribution in [1.82, 2.24) is 0 Å². The predicted octanol–water partition coefficient (Wildman–Crippen LogP) is 3.45. The van der Waals surface area contributed by atoms with Gasteiger partial charge in [0.05, 0.1) is 11.5 Å². The van der Waals surface area contributed by atoms with Gasteiger partial charge in [0.1, 0.15) is 6.10 Å². The fraction of sp³-hybridized carbons (Fsp3) is 0.235. The van der Waals surface area contributed by atoms with Crippen molar-refractivity contribution in [1.29, 1.82) is 0 Å². The maximum Gasteiger partial charge on any atom is 0.274 e.